The van der Waals surface area contributed by atoms with Gasteiger partial charge in [0.15, 0.2) is 0 Å². The summed E-state index contributed by atoms with van der Waals surface area (Å²) in [5.74, 6) is -0.817. The van der Waals surface area contributed by atoms with Crippen molar-refractivity contribution >= 4 is 23.3 Å². The highest BCUT2D eigenvalue weighted by Crippen LogP contribution is 2.23. The first-order chi connectivity index (χ1) is 9.48. The first kappa shape index (κ1) is 16.8. The van der Waals surface area contributed by atoms with Gasteiger partial charge in [0.25, 0.3) is 0 Å². The van der Waals surface area contributed by atoms with E-state index in [-0.39, 0.29) is 0 Å². The molecule has 0 aromatic heterocycles. The number of aliphatic carboxylic acids is 1. The monoisotopic (exact) mass is 297 g/mol. The Kier molecular flexibility index (Phi) is 6.86. The second kappa shape index (κ2) is 8.15. The number of unbranched alkanes of at least 4 members (excludes halogenated alkanes) is 4. The van der Waals surface area contributed by atoms with Crippen molar-refractivity contribution in [1.29, 1.82) is 0 Å². The summed E-state index contributed by atoms with van der Waals surface area (Å²) in [6.07, 6.45) is 6.21. The Morgan fingerprint density at radius 3 is 2.35 bits per heavy atom. The molecule has 112 valence electrons. The number of halogens is 1. The number of benzene rings is 1. The van der Waals surface area contributed by atoms with E-state index in [4.69, 9.17) is 11.6 Å². The largest absolute Gasteiger partial charge is 0.480 e. The number of carboxylic acids is 1. The summed E-state index contributed by atoms with van der Waals surface area (Å²) in [6, 6.07) is 7.13. The van der Waals surface area contributed by atoms with Crippen molar-refractivity contribution in [3.8, 4) is 0 Å². The summed E-state index contributed by atoms with van der Waals surface area (Å²) in [4.78, 5) is 11.5. The second-order valence-corrected chi connectivity index (χ2v) is 5.87. The van der Waals surface area contributed by atoms with Crippen LogP contribution in [0.5, 0.6) is 0 Å². The molecule has 0 amide bonds. The van der Waals surface area contributed by atoms with Crippen LogP contribution in [0.2, 0.25) is 5.02 Å². The Balaban J connectivity index is 2.57. The van der Waals surface area contributed by atoms with Crippen LogP contribution in [0.1, 0.15) is 52.4 Å². The molecule has 1 atom stereocenters. The molecule has 1 rings (SSSR count). The fourth-order valence-electron chi connectivity index (χ4n) is 2.16. The van der Waals surface area contributed by atoms with Crippen molar-refractivity contribution < 1.29 is 9.90 Å². The van der Waals surface area contributed by atoms with Crippen LogP contribution in [0.15, 0.2) is 24.3 Å². The van der Waals surface area contributed by atoms with Crippen LogP contribution in [-0.4, -0.2) is 16.6 Å². The highest BCUT2D eigenvalue weighted by molar-refractivity contribution is 6.30. The molecule has 0 saturated carbocycles. The zero-order valence-corrected chi connectivity index (χ0v) is 13.0. The van der Waals surface area contributed by atoms with Gasteiger partial charge >= 0.3 is 5.97 Å². The molecule has 0 heterocycles. The first-order valence-corrected chi connectivity index (χ1v) is 7.63. The van der Waals surface area contributed by atoms with E-state index in [1.807, 2.05) is 0 Å². The Morgan fingerprint density at radius 1 is 1.20 bits per heavy atom. The molecule has 0 fully saturated rings. The molecule has 0 aliphatic rings. The molecule has 0 aliphatic carbocycles. The fourth-order valence-corrected chi connectivity index (χ4v) is 2.28. The van der Waals surface area contributed by atoms with E-state index in [0.717, 1.165) is 18.5 Å². The van der Waals surface area contributed by atoms with E-state index in [0.29, 0.717) is 11.4 Å². The van der Waals surface area contributed by atoms with E-state index in [1.54, 1.807) is 31.2 Å². The third kappa shape index (κ3) is 5.41. The normalized spacial score (nSPS) is 13.8. The molecule has 0 bridgehead atoms. The lowest BCUT2D eigenvalue weighted by Crippen LogP contribution is -2.43. The number of anilines is 1. The summed E-state index contributed by atoms with van der Waals surface area (Å²) in [5, 5.41) is 13.2. The van der Waals surface area contributed by atoms with Crippen molar-refractivity contribution in [3.05, 3.63) is 29.3 Å². The molecule has 20 heavy (non-hydrogen) atoms. The molecular formula is C16H24ClNO2. The van der Waals surface area contributed by atoms with Gasteiger partial charge in [0.2, 0.25) is 0 Å². The number of hydrogen-bond donors (Lipinski definition) is 2. The number of carbonyl (C=O) groups is 1. The molecular weight excluding hydrogens is 274 g/mol. The van der Waals surface area contributed by atoms with Crippen molar-refractivity contribution in [2.45, 2.75) is 57.9 Å². The third-order valence-electron chi connectivity index (χ3n) is 3.52. The predicted molar refractivity (Wildman–Crippen MR) is 84.5 cm³/mol. The van der Waals surface area contributed by atoms with Crippen LogP contribution in [-0.2, 0) is 4.79 Å². The van der Waals surface area contributed by atoms with Gasteiger partial charge in [-0.2, -0.15) is 0 Å². The number of hydrogen-bond acceptors (Lipinski definition) is 2. The van der Waals surface area contributed by atoms with Gasteiger partial charge in [-0.05, 0) is 37.6 Å². The van der Waals surface area contributed by atoms with Crippen LogP contribution < -0.4 is 5.32 Å². The molecule has 0 spiro atoms. The van der Waals surface area contributed by atoms with E-state index in [1.165, 1.54) is 19.3 Å². The van der Waals surface area contributed by atoms with Crippen molar-refractivity contribution in [2.24, 2.45) is 0 Å². The number of rotatable bonds is 9. The van der Waals surface area contributed by atoms with Crippen molar-refractivity contribution in [2.75, 3.05) is 5.32 Å². The molecule has 3 nitrogen and oxygen atoms in total. The summed E-state index contributed by atoms with van der Waals surface area (Å²) in [6.45, 7) is 3.91. The molecule has 1 unspecified atom stereocenters. The van der Waals surface area contributed by atoms with Crippen LogP contribution in [0.25, 0.3) is 0 Å². The van der Waals surface area contributed by atoms with E-state index in [9.17, 15) is 9.90 Å². The summed E-state index contributed by atoms with van der Waals surface area (Å²) in [5.41, 5.74) is -0.145. The van der Waals surface area contributed by atoms with E-state index < -0.39 is 11.5 Å². The summed E-state index contributed by atoms with van der Waals surface area (Å²) >= 11 is 5.83. The Bertz CT molecular complexity index is 419. The van der Waals surface area contributed by atoms with Gasteiger partial charge < -0.3 is 10.4 Å². The zero-order valence-electron chi connectivity index (χ0n) is 12.3. The summed E-state index contributed by atoms with van der Waals surface area (Å²) in [7, 11) is 0. The van der Waals surface area contributed by atoms with Crippen molar-refractivity contribution in [3.63, 3.8) is 0 Å². The van der Waals surface area contributed by atoms with Crippen molar-refractivity contribution in [1.82, 2.24) is 0 Å². The number of nitrogens with one attached hydrogen (secondary N) is 1. The minimum Gasteiger partial charge on any atom is -0.480 e. The average molecular weight is 298 g/mol. The number of carboxylic acid groups (broad SMARTS) is 1. The van der Waals surface area contributed by atoms with Crippen LogP contribution >= 0.6 is 11.6 Å². The van der Waals surface area contributed by atoms with Gasteiger partial charge in [0.1, 0.15) is 5.54 Å². The second-order valence-electron chi connectivity index (χ2n) is 5.43. The topological polar surface area (TPSA) is 49.3 Å². The Morgan fingerprint density at radius 2 is 1.80 bits per heavy atom. The van der Waals surface area contributed by atoms with E-state index >= 15 is 0 Å². The Labute approximate surface area is 126 Å². The SMILES string of the molecule is CCCCCCCC(C)(Nc1ccc(Cl)cc1)C(=O)O. The summed E-state index contributed by atoms with van der Waals surface area (Å²) < 4.78 is 0. The molecule has 1 aromatic rings. The minimum absolute atomic E-state index is 0.620. The highest BCUT2D eigenvalue weighted by atomic mass is 35.5. The van der Waals surface area contributed by atoms with Crippen LogP contribution in [0.4, 0.5) is 5.69 Å². The van der Waals surface area contributed by atoms with Crippen LogP contribution in [0.3, 0.4) is 0 Å². The maximum absolute atomic E-state index is 11.5. The first-order valence-electron chi connectivity index (χ1n) is 7.25. The third-order valence-corrected chi connectivity index (χ3v) is 3.77. The average Bonchev–Trinajstić information content (AvgIpc) is 2.41. The van der Waals surface area contributed by atoms with Gasteiger partial charge in [-0.15, -0.1) is 0 Å². The standard InChI is InChI=1S/C16H24ClNO2/c1-3-4-5-6-7-12-16(2,15(19)20)18-14-10-8-13(17)9-11-14/h8-11,18H,3-7,12H2,1-2H3,(H,19,20). The molecule has 4 heteroatoms. The molecule has 0 aliphatic heterocycles. The fraction of sp³-hybridized carbons (Fsp3) is 0.562. The van der Waals surface area contributed by atoms with Gasteiger partial charge in [0.05, 0.1) is 0 Å². The van der Waals surface area contributed by atoms with Gasteiger partial charge in [-0.3, -0.25) is 0 Å². The Hall–Kier alpha value is -1.22. The van der Waals surface area contributed by atoms with Gasteiger partial charge in [-0.1, -0.05) is 50.6 Å². The molecule has 0 saturated heterocycles. The quantitative estimate of drug-likeness (QED) is 0.634. The smallest absolute Gasteiger partial charge is 0.329 e. The maximum atomic E-state index is 11.5. The van der Waals surface area contributed by atoms with Gasteiger partial charge in [-0.25, -0.2) is 4.79 Å². The lowest BCUT2D eigenvalue weighted by Gasteiger charge is -2.27. The van der Waals surface area contributed by atoms with E-state index in [2.05, 4.69) is 12.2 Å². The zero-order chi connectivity index (χ0) is 15.0. The molecule has 0 radical (unpaired) electrons. The lowest BCUT2D eigenvalue weighted by atomic mass is 9.93. The van der Waals surface area contributed by atoms with Gasteiger partial charge in [0, 0.05) is 10.7 Å². The molecule has 1 aromatic carbocycles. The predicted octanol–water partition coefficient (Wildman–Crippen LogP) is 4.96. The maximum Gasteiger partial charge on any atom is 0.329 e. The highest BCUT2D eigenvalue weighted by Gasteiger charge is 2.32. The lowest BCUT2D eigenvalue weighted by molar-refractivity contribution is -0.142. The van der Waals surface area contributed by atoms with Crippen LogP contribution in [0, 0.1) is 0 Å². The molecule has 2 N–H and O–H groups in total. The minimum atomic E-state index is -0.931.